The van der Waals surface area contributed by atoms with Gasteiger partial charge in [0.1, 0.15) is 0 Å². The van der Waals surface area contributed by atoms with E-state index in [4.69, 9.17) is 9.47 Å². The van der Waals surface area contributed by atoms with Crippen LogP contribution in [0.25, 0.3) is 0 Å². The Labute approximate surface area is 114 Å². The van der Waals surface area contributed by atoms with Gasteiger partial charge in [0, 0.05) is 19.6 Å². The van der Waals surface area contributed by atoms with Crippen molar-refractivity contribution in [3.63, 3.8) is 0 Å². The lowest BCUT2D eigenvalue weighted by Gasteiger charge is -2.46. The standard InChI is InChI=1S/C15H23NO3/c1-4-7-15(17)10-16(11-15)9-12-5-6-13(18-2)14(8-12)19-3/h5-6,8,17H,4,7,9-11H2,1-3H3. The molecule has 0 spiro atoms. The Hall–Kier alpha value is -1.26. The molecule has 0 aromatic heterocycles. The minimum absolute atomic E-state index is 0.467. The Bertz CT molecular complexity index is 427. The fourth-order valence-corrected chi connectivity index (χ4v) is 2.76. The quantitative estimate of drug-likeness (QED) is 0.855. The van der Waals surface area contributed by atoms with E-state index in [9.17, 15) is 5.11 Å². The van der Waals surface area contributed by atoms with Gasteiger partial charge in [0.25, 0.3) is 0 Å². The van der Waals surface area contributed by atoms with Gasteiger partial charge >= 0.3 is 0 Å². The van der Waals surface area contributed by atoms with E-state index in [2.05, 4.69) is 11.8 Å². The molecule has 1 aromatic carbocycles. The summed E-state index contributed by atoms with van der Waals surface area (Å²) in [5, 5.41) is 10.2. The van der Waals surface area contributed by atoms with Crippen LogP contribution < -0.4 is 9.47 Å². The summed E-state index contributed by atoms with van der Waals surface area (Å²) in [4.78, 5) is 2.25. The lowest BCUT2D eigenvalue weighted by Crippen LogP contribution is -2.60. The van der Waals surface area contributed by atoms with Crippen LogP contribution in [-0.2, 0) is 6.54 Å². The summed E-state index contributed by atoms with van der Waals surface area (Å²) in [5.74, 6) is 1.50. The second kappa shape index (κ2) is 5.80. The van der Waals surface area contributed by atoms with Crippen molar-refractivity contribution < 1.29 is 14.6 Å². The minimum Gasteiger partial charge on any atom is -0.493 e. The largest absolute Gasteiger partial charge is 0.493 e. The molecule has 0 aliphatic carbocycles. The van der Waals surface area contributed by atoms with Gasteiger partial charge in [-0.15, -0.1) is 0 Å². The third-order valence-electron chi connectivity index (χ3n) is 3.61. The molecule has 1 heterocycles. The molecule has 1 N–H and O–H groups in total. The molecule has 1 saturated heterocycles. The van der Waals surface area contributed by atoms with Crippen LogP contribution >= 0.6 is 0 Å². The summed E-state index contributed by atoms with van der Waals surface area (Å²) in [6.07, 6.45) is 1.91. The number of hydrogen-bond acceptors (Lipinski definition) is 4. The molecule has 19 heavy (non-hydrogen) atoms. The zero-order valence-electron chi connectivity index (χ0n) is 12.0. The molecule has 0 radical (unpaired) electrons. The fraction of sp³-hybridized carbons (Fsp3) is 0.600. The highest BCUT2D eigenvalue weighted by Gasteiger charge is 2.39. The number of methoxy groups -OCH3 is 2. The number of rotatable bonds is 6. The molecular weight excluding hydrogens is 242 g/mol. The van der Waals surface area contributed by atoms with Gasteiger partial charge in [-0.05, 0) is 24.1 Å². The molecule has 0 unspecified atom stereocenters. The van der Waals surface area contributed by atoms with Gasteiger partial charge < -0.3 is 14.6 Å². The van der Waals surface area contributed by atoms with Crippen LogP contribution in [0.3, 0.4) is 0 Å². The predicted octanol–water partition coefficient (Wildman–Crippen LogP) is 2.05. The number of likely N-dealkylation sites (tertiary alicyclic amines) is 1. The highest BCUT2D eigenvalue weighted by atomic mass is 16.5. The molecular formula is C15H23NO3. The molecule has 1 aliphatic rings. The number of ether oxygens (including phenoxy) is 2. The molecule has 106 valence electrons. The van der Waals surface area contributed by atoms with E-state index in [1.807, 2.05) is 18.2 Å². The molecule has 0 atom stereocenters. The topological polar surface area (TPSA) is 41.9 Å². The molecule has 4 heteroatoms. The van der Waals surface area contributed by atoms with Crippen LogP contribution in [0, 0.1) is 0 Å². The van der Waals surface area contributed by atoms with Crippen molar-refractivity contribution >= 4 is 0 Å². The summed E-state index contributed by atoms with van der Waals surface area (Å²) in [7, 11) is 3.28. The third-order valence-corrected chi connectivity index (χ3v) is 3.61. The van der Waals surface area contributed by atoms with Gasteiger partial charge in [0.15, 0.2) is 11.5 Å². The lowest BCUT2D eigenvalue weighted by atomic mass is 9.89. The minimum atomic E-state index is -0.467. The van der Waals surface area contributed by atoms with E-state index in [1.165, 1.54) is 5.56 Å². The van der Waals surface area contributed by atoms with E-state index >= 15 is 0 Å². The summed E-state index contributed by atoms with van der Waals surface area (Å²) in [6, 6.07) is 5.96. The first-order valence-corrected chi connectivity index (χ1v) is 6.76. The van der Waals surface area contributed by atoms with E-state index in [0.717, 1.165) is 44.0 Å². The first-order chi connectivity index (χ1) is 9.10. The predicted molar refractivity (Wildman–Crippen MR) is 74.7 cm³/mol. The van der Waals surface area contributed by atoms with Gasteiger partial charge in [-0.25, -0.2) is 0 Å². The highest BCUT2D eigenvalue weighted by molar-refractivity contribution is 5.42. The van der Waals surface area contributed by atoms with Crippen molar-refractivity contribution in [3.05, 3.63) is 23.8 Å². The molecule has 4 nitrogen and oxygen atoms in total. The summed E-state index contributed by atoms with van der Waals surface area (Å²) in [6.45, 7) is 4.46. The van der Waals surface area contributed by atoms with Crippen molar-refractivity contribution in [2.45, 2.75) is 31.9 Å². The monoisotopic (exact) mass is 265 g/mol. The average molecular weight is 265 g/mol. The first-order valence-electron chi connectivity index (χ1n) is 6.76. The summed E-state index contributed by atoms with van der Waals surface area (Å²) < 4.78 is 10.5. The Morgan fingerprint density at radius 1 is 1.21 bits per heavy atom. The zero-order valence-corrected chi connectivity index (χ0v) is 12.0. The third kappa shape index (κ3) is 3.19. The molecule has 2 rings (SSSR count). The maximum atomic E-state index is 10.2. The van der Waals surface area contributed by atoms with E-state index < -0.39 is 5.60 Å². The fourth-order valence-electron chi connectivity index (χ4n) is 2.76. The maximum absolute atomic E-state index is 10.2. The van der Waals surface area contributed by atoms with E-state index in [0.29, 0.717) is 0 Å². The summed E-state index contributed by atoms with van der Waals surface area (Å²) >= 11 is 0. The van der Waals surface area contributed by atoms with Crippen LogP contribution in [0.4, 0.5) is 0 Å². The molecule has 1 aromatic rings. The molecule has 1 aliphatic heterocycles. The SMILES string of the molecule is CCCC1(O)CN(Cc2ccc(OC)c(OC)c2)C1. The Morgan fingerprint density at radius 2 is 1.89 bits per heavy atom. The van der Waals surface area contributed by atoms with Gasteiger partial charge in [-0.3, -0.25) is 4.90 Å². The molecule has 0 bridgehead atoms. The van der Waals surface area contributed by atoms with Crippen LogP contribution in [-0.4, -0.2) is 42.9 Å². The normalized spacial score (nSPS) is 17.9. The molecule has 1 fully saturated rings. The number of β-amino-alcohol motifs (C(OH)–C–C–N with tert-alkyl or cyclic N) is 1. The Morgan fingerprint density at radius 3 is 2.47 bits per heavy atom. The van der Waals surface area contributed by atoms with Crippen LogP contribution in [0.2, 0.25) is 0 Å². The second-order valence-corrected chi connectivity index (χ2v) is 5.31. The number of aliphatic hydroxyl groups is 1. The van der Waals surface area contributed by atoms with Gasteiger partial charge in [0.2, 0.25) is 0 Å². The van der Waals surface area contributed by atoms with Crippen molar-refractivity contribution in [1.29, 1.82) is 0 Å². The average Bonchev–Trinajstić information content (AvgIpc) is 2.37. The van der Waals surface area contributed by atoms with Crippen molar-refractivity contribution in [1.82, 2.24) is 4.90 Å². The van der Waals surface area contributed by atoms with Crippen molar-refractivity contribution in [2.24, 2.45) is 0 Å². The van der Waals surface area contributed by atoms with Crippen molar-refractivity contribution in [3.8, 4) is 11.5 Å². The van der Waals surface area contributed by atoms with Gasteiger partial charge in [0.05, 0.1) is 19.8 Å². The first kappa shape index (κ1) is 14.2. The second-order valence-electron chi connectivity index (χ2n) is 5.31. The van der Waals surface area contributed by atoms with Crippen LogP contribution in [0.15, 0.2) is 18.2 Å². The number of benzene rings is 1. The lowest BCUT2D eigenvalue weighted by molar-refractivity contribution is -0.106. The zero-order chi connectivity index (χ0) is 13.9. The highest BCUT2D eigenvalue weighted by Crippen LogP contribution is 2.31. The Balaban J connectivity index is 1.94. The van der Waals surface area contributed by atoms with Crippen LogP contribution in [0.1, 0.15) is 25.3 Å². The van der Waals surface area contributed by atoms with Crippen LogP contribution in [0.5, 0.6) is 11.5 Å². The van der Waals surface area contributed by atoms with Gasteiger partial charge in [-0.2, -0.15) is 0 Å². The smallest absolute Gasteiger partial charge is 0.161 e. The van der Waals surface area contributed by atoms with E-state index in [-0.39, 0.29) is 0 Å². The molecule has 0 saturated carbocycles. The maximum Gasteiger partial charge on any atom is 0.161 e. The number of nitrogens with zero attached hydrogens (tertiary/aromatic N) is 1. The number of hydrogen-bond donors (Lipinski definition) is 1. The Kier molecular flexibility index (Phi) is 4.32. The van der Waals surface area contributed by atoms with Gasteiger partial charge in [-0.1, -0.05) is 19.4 Å². The van der Waals surface area contributed by atoms with Crippen molar-refractivity contribution in [2.75, 3.05) is 27.3 Å². The molecule has 0 amide bonds. The van der Waals surface area contributed by atoms with E-state index in [1.54, 1.807) is 14.2 Å². The summed E-state index contributed by atoms with van der Waals surface area (Å²) in [5.41, 5.74) is 0.710.